The Morgan fingerprint density at radius 1 is 1.00 bits per heavy atom. The number of carbonyl (C=O) groups is 2. The maximum atomic E-state index is 12.9. The summed E-state index contributed by atoms with van der Waals surface area (Å²) in [5.74, 6) is 0.681. The van der Waals surface area contributed by atoms with Crippen LogP contribution in [0.1, 0.15) is 34.5 Å². The van der Waals surface area contributed by atoms with Crippen molar-refractivity contribution < 1.29 is 14.3 Å². The number of nitrogens with zero attached hydrogens (tertiary/aromatic N) is 4. The van der Waals surface area contributed by atoms with Gasteiger partial charge in [-0.05, 0) is 38.3 Å². The summed E-state index contributed by atoms with van der Waals surface area (Å²) in [6.45, 7) is 5.07. The highest BCUT2D eigenvalue weighted by atomic mass is 16.5. The Hall–Kier alpha value is -2.83. The van der Waals surface area contributed by atoms with Gasteiger partial charge in [-0.2, -0.15) is 5.10 Å². The van der Waals surface area contributed by atoms with Gasteiger partial charge in [0.2, 0.25) is 0 Å². The van der Waals surface area contributed by atoms with E-state index in [4.69, 9.17) is 4.74 Å². The number of piperazine rings is 1. The molecule has 0 atom stereocenters. The zero-order valence-corrected chi connectivity index (χ0v) is 16.3. The summed E-state index contributed by atoms with van der Waals surface area (Å²) < 4.78 is 7.55. The molecule has 2 aromatic rings. The lowest BCUT2D eigenvalue weighted by Gasteiger charge is -2.34. The first kappa shape index (κ1) is 18.5. The average Bonchev–Trinajstić information content (AvgIpc) is 3.17. The minimum absolute atomic E-state index is 0.0218. The maximum Gasteiger partial charge on any atom is 0.260 e. The fourth-order valence-corrected chi connectivity index (χ4v) is 3.80. The molecule has 0 bridgehead atoms. The molecule has 0 aliphatic carbocycles. The standard InChI is InChI=1S/C21H26N4O3/c1-16-5-7-17(8-6-16)28-15-20(26)23-10-12-24(13-11-23)21(27)18-14-22-25-9-3-2-4-19(18)25/h5-8,14H,2-4,9-13,15H2,1H3. The Labute approximate surface area is 164 Å². The normalized spacial score (nSPS) is 16.6. The predicted octanol–water partition coefficient (Wildman–Crippen LogP) is 1.89. The molecular weight excluding hydrogens is 356 g/mol. The third kappa shape index (κ3) is 3.88. The van der Waals surface area contributed by atoms with Gasteiger partial charge in [0.1, 0.15) is 5.75 Å². The fourth-order valence-electron chi connectivity index (χ4n) is 3.80. The maximum absolute atomic E-state index is 12.9. The number of rotatable bonds is 4. The van der Waals surface area contributed by atoms with Crippen LogP contribution in [0.25, 0.3) is 0 Å². The van der Waals surface area contributed by atoms with E-state index in [1.165, 1.54) is 0 Å². The summed E-state index contributed by atoms with van der Waals surface area (Å²) in [5.41, 5.74) is 2.93. The molecule has 4 rings (SSSR count). The monoisotopic (exact) mass is 382 g/mol. The van der Waals surface area contributed by atoms with Crippen LogP contribution in [0.2, 0.25) is 0 Å². The number of amides is 2. The molecular formula is C21H26N4O3. The second kappa shape index (κ2) is 8.04. The van der Waals surface area contributed by atoms with Crippen molar-refractivity contribution in [1.29, 1.82) is 0 Å². The minimum atomic E-state index is -0.0458. The van der Waals surface area contributed by atoms with Crippen molar-refractivity contribution in [1.82, 2.24) is 19.6 Å². The molecule has 2 aliphatic rings. The van der Waals surface area contributed by atoms with Crippen LogP contribution < -0.4 is 4.74 Å². The number of hydrogen-bond acceptors (Lipinski definition) is 4. The number of carbonyl (C=O) groups excluding carboxylic acids is 2. The Morgan fingerprint density at radius 3 is 2.46 bits per heavy atom. The second-order valence-electron chi connectivity index (χ2n) is 7.46. The van der Waals surface area contributed by atoms with Crippen molar-refractivity contribution >= 4 is 11.8 Å². The third-order valence-corrected chi connectivity index (χ3v) is 5.52. The highest BCUT2D eigenvalue weighted by Gasteiger charge is 2.28. The van der Waals surface area contributed by atoms with Crippen LogP contribution in [0.3, 0.4) is 0 Å². The number of aromatic nitrogens is 2. The van der Waals surface area contributed by atoms with Gasteiger partial charge in [0, 0.05) is 32.7 Å². The van der Waals surface area contributed by atoms with E-state index in [9.17, 15) is 9.59 Å². The molecule has 2 amide bonds. The molecule has 148 valence electrons. The van der Waals surface area contributed by atoms with Crippen molar-refractivity contribution in [2.24, 2.45) is 0 Å². The molecule has 7 nitrogen and oxygen atoms in total. The summed E-state index contributed by atoms with van der Waals surface area (Å²) >= 11 is 0. The van der Waals surface area contributed by atoms with E-state index >= 15 is 0 Å². The molecule has 0 saturated carbocycles. The minimum Gasteiger partial charge on any atom is -0.484 e. The lowest BCUT2D eigenvalue weighted by molar-refractivity contribution is -0.134. The highest BCUT2D eigenvalue weighted by Crippen LogP contribution is 2.20. The van der Waals surface area contributed by atoms with Gasteiger partial charge >= 0.3 is 0 Å². The third-order valence-electron chi connectivity index (χ3n) is 5.52. The van der Waals surface area contributed by atoms with E-state index in [0.717, 1.165) is 42.6 Å². The van der Waals surface area contributed by atoms with Gasteiger partial charge in [0.15, 0.2) is 6.61 Å². The van der Waals surface area contributed by atoms with Crippen molar-refractivity contribution in [3.8, 4) is 5.75 Å². The molecule has 1 fully saturated rings. The van der Waals surface area contributed by atoms with Gasteiger partial charge < -0.3 is 14.5 Å². The molecule has 1 saturated heterocycles. The van der Waals surface area contributed by atoms with E-state index in [1.54, 1.807) is 11.1 Å². The van der Waals surface area contributed by atoms with E-state index in [2.05, 4.69) is 5.10 Å². The largest absolute Gasteiger partial charge is 0.484 e. The highest BCUT2D eigenvalue weighted by molar-refractivity contribution is 5.95. The SMILES string of the molecule is Cc1ccc(OCC(=O)N2CCN(C(=O)c3cnn4c3CCCC4)CC2)cc1. The van der Waals surface area contributed by atoms with E-state index in [-0.39, 0.29) is 18.4 Å². The van der Waals surface area contributed by atoms with E-state index in [1.807, 2.05) is 40.8 Å². The first-order chi connectivity index (χ1) is 13.6. The van der Waals surface area contributed by atoms with E-state index in [0.29, 0.717) is 31.9 Å². The van der Waals surface area contributed by atoms with Gasteiger partial charge in [-0.3, -0.25) is 14.3 Å². The molecule has 7 heteroatoms. The first-order valence-corrected chi connectivity index (χ1v) is 9.93. The van der Waals surface area contributed by atoms with Crippen LogP contribution in [0.5, 0.6) is 5.75 Å². The van der Waals surface area contributed by atoms with Crippen molar-refractivity contribution in [3.05, 3.63) is 47.3 Å². The molecule has 0 radical (unpaired) electrons. The van der Waals surface area contributed by atoms with Crippen LogP contribution >= 0.6 is 0 Å². The summed E-state index contributed by atoms with van der Waals surface area (Å²) in [6, 6.07) is 7.65. The van der Waals surface area contributed by atoms with Crippen molar-refractivity contribution in [2.45, 2.75) is 32.7 Å². The Balaban J connectivity index is 1.29. The van der Waals surface area contributed by atoms with Gasteiger partial charge in [-0.25, -0.2) is 0 Å². The van der Waals surface area contributed by atoms with Gasteiger partial charge in [0.05, 0.1) is 17.5 Å². The van der Waals surface area contributed by atoms with Crippen LogP contribution in [-0.4, -0.2) is 64.2 Å². The topological polar surface area (TPSA) is 67.7 Å². The lowest BCUT2D eigenvalue weighted by atomic mass is 10.1. The first-order valence-electron chi connectivity index (χ1n) is 9.93. The number of hydrogen-bond donors (Lipinski definition) is 0. The second-order valence-corrected chi connectivity index (χ2v) is 7.46. The van der Waals surface area contributed by atoms with Crippen molar-refractivity contribution in [3.63, 3.8) is 0 Å². The summed E-state index contributed by atoms with van der Waals surface area (Å²) in [7, 11) is 0. The number of aryl methyl sites for hydroxylation is 2. The molecule has 0 N–H and O–H groups in total. The average molecular weight is 382 g/mol. The molecule has 1 aromatic heterocycles. The molecule has 1 aromatic carbocycles. The van der Waals surface area contributed by atoms with Crippen LogP contribution in [-0.2, 0) is 17.8 Å². The van der Waals surface area contributed by atoms with Gasteiger partial charge in [0.25, 0.3) is 11.8 Å². The Morgan fingerprint density at radius 2 is 1.71 bits per heavy atom. The van der Waals surface area contributed by atoms with Gasteiger partial charge in [-0.15, -0.1) is 0 Å². The zero-order valence-electron chi connectivity index (χ0n) is 16.3. The smallest absolute Gasteiger partial charge is 0.260 e. The molecule has 3 heterocycles. The van der Waals surface area contributed by atoms with Crippen molar-refractivity contribution in [2.75, 3.05) is 32.8 Å². The molecule has 28 heavy (non-hydrogen) atoms. The summed E-state index contributed by atoms with van der Waals surface area (Å²) in [5, 5.41) is 4.36. The van der Waals surface area contributed by atoms with Crippen LogP contribution in [0.4, 0.5) is 0 Å². The quantitative estimate of drug-likeness (QED) is 0.810. The van der Waals surface area contributed by atoms with Crippen LogP contribution in [0, 0.1) is 6.92 Å². The van der Waals surface area contributed by atoms with E-state index < -0.39 is 0 Å². The Kier molecular flexibility index (Phi) is 5.32. The molecule has 0 spiro atoms. The lowest BCUT2D eigenvalue weighted by Crippen LogP contribution is -2.51. The number of benzene rings is 1. The number of ether oxygens (including phenoxy) is 1. The zero-order chi connectivity index (χ0) is 19.5. The van der Waals surface area contributed by atoms with Gasteiger partial charge in [-0.1, -0.05) is 17.7 Å². The number of fused-ring (bicyclic) bond motifs is 1. The Bertz CT molecular complexity index is 851. The summed E-state index contributed by atoms with van der Waals surface area (Å²) in [4.78, 5) is 28.9. The fraction of sp³-hybridized carbons (Fsp3) is 0.476. The molecule has 2 aliphatic heterocycles. The molecule has 0 unspecified atom stereocenters. The predicted molar refractivity (Wildman–Crippen MR) is 104 cm³/mol. The van der Waals surface area contributed by atoms with Crippen LogP contribution in [0.15, 0.2) is 30.5 Å². The summed E-state index contributed by atoms with van der Waals surface area (Å²) in [6.07, 6.45) is 4.84.